The second-order valence-electron chi connectivity index (χ2n) is 5.16. The number of para-hydroxylation sites is 1. The zero-order valence-electron chi connectivity index (χ0n) is 11.4. The maximum Gasteiger partial charge on any atom is 0.304 e. The summed E-state index contributed by atoms with van der Waals surface area (Å²) in [4.78, 5) is 13.9. The molecule has 0 radical (unpaired) electrons. The summed E-state index contributed by atoms with van der Waals surface area (Å²) in [5, 5.41) is 5.36. The first kappa shape index (κ1) is 13.4. The topological polar surface area (TPSA) is 54.1 Å². The third kappa shape index (κ3) is 2.78. The van der Waals surface area contributed by atoms with E-state index < -0.39 is 0 Å². The SMILES string of the molecule is COc1ccccc1C1CC(NCc2csc(=O)[nH]2)C1. The van der Waals surface area contributed by atoms with E-state index in [-0.39, 0.29) is 4.87 Å². The Balaban J connectivity index is 1.52. The van der Waals surface area contributed by atoms with Crippen LogP contribution in [0, 0.1) is 0 Å². The number of hydrogen-bond acceptors (Lipinski definition) is 4. The average Bonchev–Trinajstić information content (AvgIpc) is 2.83. The van der Waals surface area contributed by atoms with Gasteiger partial charge in [-0.05, 0) is 30.4 Å². The zero-order valence-corrected chi connectivity index (χ0v) is 12.2. The molecule has 1 saturated carbocycles. The van der Waals surface area contributed by atoms with Gasteiger partial charge >= 0.3 is 4.87 Å². The van der Waals surface area contributed by atoms with Crippen molar-refractivity contribution in [3.05, 3.63) is 50.6 Å². The summed E-state index contributed by atoms with van der Waals surface area (Å²) in [6, 6.07) is 8.76. The van der Waals surface area contributed by atoms with Crippen molar-refractivity contribution in [1.29, 1.82) is 0 Å². The van der Waals surface area contributed by atoms with E-state index in [1.807, 2.05) is 17.5 Å². The van der Waals surface area contributed by atoms with E-state index in [2.05, 4.69) is 22.4 Å². The molecular formula is C15H18N2O2S. The Kier molecular flexibility index (Phi) is 3.89. The molecule has 1 aliphatic rings. The quantitative estimate of drug-likeness (QED) is 0.889. The van der Waals surface area contributed by atoms with Crippen LogP contribution >= 0.6 is 11.3 Å². The lowest BCUT2D eigenvalue weighted by atomic mass is 9.75. The van der Waals surface area contributed by atoms with Gasteiger partial charge in [0.2, 0.25) is 0 Å². The Morgan fingerprint density at radius 2 is 2.20 bits per heavy atom. The number of hydrogen-bond donors (Lipinski definition) is 2. The van der Waals surface area contributed by atoms with Gasteiger partial charge in [-0.15, -0.1) is 0 Å². The summed E-state index contributed by atoms with van der Waals surface area (Å²) in [6.07, 6.45) is 2.24. The fraction of sp³-hybridized carbons (Fsp3) is 0.400. The van der Waals surface area contributed by atoms with Crippen LogP contribution < -0.4 is 14.9 Å². The first-order valence-corrected chi connectivity index (χ1v) is 7.67. The molecule has 0 amide bonds. The molecule has 1 aliphatic carbocycles. The summed E-state index contributed by atoms with van der Waals surface area (Å²) in [5.74, 6) is 1.56. The van der Waals surface area contributed by atoms with Gasteiger partial charge in [-0.3, -0.25) is 4.79 Å². The number of aromatic amines is 1. The molecule has 5 heteroatoms. The maximum absolute atomic E-state index is 11.0. The maximum atomic E-state index is 11.0. The van der Waals surface area contributed by atoms with Gasteiger partial charge in [0.05, 0.1) is 7.11 Å². The molecule has 20 heavy (non-hydrogen) atoms. The van der Waals surface area contributed by atoms with Crippen LogP contribution in [0.5, 0.6) is 5.75 Å². The van der Waals surface area contributed by atoms with Gasteiger partial charge < -0.3 is 15.0 Å². The van der Waals surface area contributed by atoms with Crippen molar-refractivity contribution in [3.63, 3.8) is 0 Å². The Labute approximate surface area is 121 Å². The minimum Gasteiger partial charge on any atom is -0.496 e. The highest BCUT2D eigenvalue weighted by atomic mass is 32.1. The molecule has 2 aromatic rings. The third-order valence-electron chi connectivity index (χ3n) is 3.87. The normalized spacial score (nSPS) is 21.4. The van der Waals surface area contributed by atoms with Crippen molar-refractivity contribution in [2.75, 3.05) is 7.11 Å². The summed E-state index contributed by atoms with van der Waals surface area (Å²) in [7, 11) is 1.72. The molecule has 0 saturated heterocycles. The summed E-state index contributed by atoms with van der Waals surface area (Å²) in [5.41, 5.74) is 2.28. The number of thiazole rings is 1. The Bertz CT molecular complexity index is 629. The Morgan fingerprint density at radius 1 is 1.40 bits per heavy atom. The van der Waals surface area contributed by atoms with E-state index in [1.165, 1.54) is 16.9 Å². The first-order valence-electron chi connectivity index (χ1n) is 6.79. The van der Waals surface area contributed by atoms with Crippen LogP contribution in [0.15, 0.2) is 34.4 Å². The highest BCUT2D eigenvalue weighted by Crippen LogP contribution is 2.40. The van der Waals surface area contributed by atoms with E-state index in [4.69, 9.17) is 4.74 Å². The van der Waals surface area contributed by atoms with Crippen LogP contribution in [0.3, 0.4) is 0 Å². The van der Waals surface area contributed by atoms with Gasteiger partial charge in [0.25, 0.3) is 0 Å². The number of benzene rings is 1. The molecule has 3 rings (SSSR count). The molecule has 2 N–H and O–H groups in total. The molecule has 1 aromatic carbocycles. The fourth-order valence-corrected chi connectivity index (χ4v) is 3.28. The van der Waals surface area contributed by atoms with Crippen molar-refractivity contribution in [3.8, 4) is 5.75 Å². The number of methoxy groups -OCH3 is 1. The smallest absolute Gasteiger partial charge is 0.304 e. The van der Waals surface area contributed by atoms with Crippen LogP contribution in [-0.2, 0) is 6.54 Å². The first-order chi connectivity index (χ1) is 9.76. The van der Waals surface area contributed by atoms with Crippen LogP contribution in [0.2, 0.25) is 0 Å². The van der Waals surface area contributed by atoms with Gasteiger partial charge in [-0.1, -0.05) is 29.5 Å². The second-order valence-corrected chi connectivity index (χ2v) is 6.00. The van der Waals surface area contributed by atoms with E-state index >= 15 is 0 Å². The number of rotatable bonds is 5. The van der Waals surface area contributed by atoms with Crippen molar-refractivity contribution in [2.24, 2.45) is 0 Å². The highest BCUT2D eigenvalue weighted by Gasteiger charge is 2.31. The van der Waals surface area contributed by atoms with Crippen LogP contribution in [0.4, 0.5) is 0 Å². The molecule has 1 aromatic heterocycles. The van der Waals surface area contributed by atoms with Crippen molar-refractivity contribution in [2.45, 2.75) is 31.3 Å². The van der Waals surface area contributed by atoms with Crippen LogP contribution in [-0.4, -0.2) is 18.1 Å². The fourth-order valence-electron chi connectivity index (χ4n) is 2.70. The molecule has 106 valence electrons. The molecule has 4 nitrogen and oxygen atoms in total. The summed E-state index contributed by atoms with van der Waals surface area (Å²) >= 11 is 1.22. The Hall–Kier alpha value is -1.59. The second kappa shape index (κ2) is 5.81. The number of ether oxygens (including phenoxy) is 1. The molecule has 0 aliphatic heterocycles. The van der Waals surface area contributed by atoms with Gasteiger partial charge in [0, 0.05) is 23.7 Å². The Morgan fingerprint density at radius 3 is 2.90 bits per heavy atom. The minimum absolute atomic E-state index is 0.0160. The molecule has 0 spiro atoms. The predicted molar refractivity (Wildman–Crippen MR) is 80.5 cm³/mol. The van der Waals surface area contributed by atoms with Gasteiger partial charge in [0.1, 0.15) is 5.75 Å². The molecule has 1 heterocycles. The van der Waals surface area contributed by atoms with E-state index in [0.717, 1.165) is 30.8 Å². The van der Waals surface area contributed by atoms with E-state index in [1.54, 1.807) is 7.11 Å². The molecular weight excluding hydrogens is 272 g/mol. The van der Waals surface area contributed by atoms with E-state index in [0.29, 0.717) is 12.0 Å². The van der Waals surface area contributed by atoms with Crippen molar-refractivity contribution in [1.82, 2.24) is 10.3 Å². The van der Waals surface area contributed by atoms with Crippen molar-refractivity contribution >= 4 is 11.3 Å². The largest absolute Gasteiger partial charge is 0.496 e. The highest BCUT2D eigenvalue weighted by molar-refractivity contribution is 7.07. The minimum atomic E-state index is 0.0160. The van der Waals surface area contributed by atoms with Crippen LogP contribution in [0.25, 0.3) is 0 Å². The summed E-state index contributed by atoms with van der Waals surface area (Å²) in [6.45, 7) is 0.738. The number of aromatic nitrogens is 1. The number of nitrogens with one attached hydrogen (secondary N) is 2. The van der Waals surface area contributed by atoms with Gasteiger partial charge in [-0.2, -0.15) is 0 Å². The monoisotopic (exact) mass is 290 g/mol. The van der Waals surface area contributed by atoms with Crippen LogP contribution in [0.1, 0.15) is 30.0 Å². The predicted octanol–water partition coefficient (Wildman–Crippen LogP) is 2.48. The molecule has 1 fully saturated rings. The van der Waals surface area contributed by atoms with E-state index in [9.17, 15) is 4.79 Å². The molecule has 0 bridgehead atoms. The molecule has 0 atom stereocenters. The lowest BCUT2D eigenvalue weighted by molar-refractivity contribution is 0.281. The van der Waals surface area contributed by atoms with Gasteiger partial charge in [-0.25, -0.2) is 0 Å². The lowest BCUT2D eigenvalue weighted by Crippen LogP contribution is -2.39. The lowest BCUT2D eigenvalue weighted by Gasteiger charge is -2.36. The average molecular weight is 290 g/mol. The standard InChI is InChI=1S/C15H18N2O2S/c1-19-14-5-3-2-4-13(14)10-6-11(7-10)16-8-12-9-20-15(18)17-12/h2-5,9-11,16H,6-8H2,1H3,(H,17,18). The number of H-pyrrole nitrogens is 1. The zero-order chi connectivity index (χ0) is 13.9. The third-order valence-corrected chi connectivity index (χ3v) is 4.59. The van der Waals surface area contributed by atoms with Gasteiger partial charge in [0.15, 0.2) is 0 Å². The van der Waals surface area contributed by atoms with Crippen molar-refractivity contribution < 1.29 is 4.74 Å². The molecule has 0 unspecified atom stereocenters. The summed E-state index contributed by atoms with van der Waals surface area (Å²) < 4.78 is 5.41.